The van der Waals surface area contributed by atoms with Gasteiger partial charge in [0.2, 0.25) is 0 Å². The maximum absolute atomic E-state index is 5.96. The van der Waals surface area contributed by atoms with Crippen molar-refractivity contribution in [2.24, 2.45) is 11.0 Å². The van der Waals surface area contributed by atoms with Gasteiger partial charge in [0.25, 0.3) is 0 Å². The van der Waals surface area contributed by atoms with Crippen molar-refractivity contribution >= 4 is 34.6 Å². The Morgan fingerprint density at radius 1 is 1.17 bits per heavy atom. The van der Waals surface area contributed by atoms with Gasteiger partial charge in [-0.05, 0) is 43.9 Å². The van der Waals surface area contributed by atoms with Gasteiger partial charge in [-0.1, -0.05) is 42.5 Å². The van der Waals surface area contributed by atoms with E-state index in [-0.39, 0.29) is 0 Å². The molecule has 98 valence electrons. The number of hydrogen-bond donors (Lipinski definition) is 1. The van der Waals surface area contributed by atoms with E-state index in [4.69, 9.17) is 23.2 Å². The molecule has 0 aromatic heterocycles. The Morgan fingerprint density at radius 3 is 2.56 bits per heavy atom. The van der Waals surface area contributed by atoms with Crippen LogP contribution in [0.4, 0.5) is 5.69 Å². The Kier molecular flexibility index (Phi) is 4.90. The quantitative estimate of drug-likeness (QED) is 0.586. The van der Waals surface area contributed by atoms with Crippen LogP contribution >= 0.6 is 23.2 Å². The monoisotopic (exact) mass is 284 g/mol. The van der Waals surface area contributed by atoms with Crippen LogP contribution in [-0.2, 0) is 0 Å². The van der Waals surface area contributed by atoms with E-state index in [0.29, 0.717) is 16.0 Å². The normalized spacial score (nSPS) is 17.8. The number of anilines is 1. The highest BCUT2D eigenvalue weighted by atomic mass is 35.5. The molecule has 2 rings (SSSR count). The fourth-order valence-corrected chi connectivity index (χ4v) is 2.63. The fraction of sp³-hybridized carbons (Fsp3) is 0.500. The molecule has 1 aromatic rings. The average molecular weight is 285 g/mol. The van der Waals surface area contributed by atoms with Crippen molar-refractivity contribution in [3.63, 3.8) is 0 Å². The summed E-state index contributed by atoms with van der Waals surface area (Å²) in [7, 11) is 0. The summed E-state index contributed by atoms with van der Waals surface area (Å²) < 4.78 is 0. The molecule has 0 amide bonds. The number of rotatable bonds is 3. The zero-order valence-electron chi connectivity index (χ0n) is 10.5. The summed E-state index contributed by atoms with van der Waals surface area (Å²) >= 11 is 11.8. The van der Waals surface area contributed by atoms with E-state index in [0.717, 1.165) is 5.69 Å². The third-order valence-electron chi connectivity index (χ3n) is 3.48. The Hall–Kier alpha value is -0.730. The third kappa shape index (κ3) is 3.63. The number of nitrogens with one attached hydrogen (secondary N) is 1. The highest BCUT2D eigenvalue weighted by molar-refractivity contribution is 6.42. The predicted octanol–water partition coefficient (Wildman–Crippen LogP) is 5.36. The zero-order valence-corrected chi connectivity index (χ0v) is 12.1. The van der Waals surface area contributed by atoms with Gasteiger partial charge in [-0.15, -0.1) is 0 Å². The molecule has 0 saturated heterocycles. The molecule has 1 fully saturated rings. The average Bonchev–Trinajstić information content (AvgIpc) is 2.41. The van der Waals surface area contributed by atoms with Gasteiger partial charge in [0, 0.05) is 5.71 Å². The van der Waals surface area contributed by atoms with E-state index in [1.165, 1.54) is 37.8 Å². The SMILES string of the molecule is C/C(=N\Nc1ccc(Cl)c(Cl)c1)C1CCCCC1. The molecule has 1 aliphatic rings. The Labute approximate surface area is 118 Å². The minimum absolute atomic E-state index is 0.548. The van der Waals surface area contributed by atoms with Gasteiger partial charge in [0.15, 0.2) is 0 Å². The van der Waals surface area contributed by atoms with Crippen molar-refractivity contribution in [1.29, 1.82) is 0 Å². The number of nitrogens with zero attached hydrogens (tertiary/aromatic N) is 1. The summed E-state index contributed by atoms with van der Waals surface area (Å²) in [6.45, 7) is 2.10. The first kappa shape index (κ1) is 13.7. The second kappa shape index (κ2) is 6.44. The first-order valence-corrected chi connectivity index (χ1v) is 7.17. The molecule has 1 aliphatic carbocycles. The van der Waals surface area contributed by atoms with E-state index >= 15 is 0 Å². The van der Waals surface area contributed by atoms with E-state index < -0.39 is 0 Å². The van der Waals surface area contributed by atoms with Crippen LogP contribution in [0.15, 0.2) is 23.3 Å². The summed E-state index contributed by atoms with van der Waals surface area (Å²) in [6, 6.07) is 5.45. The first-order chi connectivity index (χ1) is 8.66. The molecule has 1 N–H and O–H groups in total. The van der Waals surface area contributed by atoms with Gasteiger partial charge in [-0.3, -0.25) is 5.43 Å². The van der Waals surface area contributed by atoms with Crippen molar-refractivity contribution in [3.05, 3.63) is 28.2 Å². The fourth-order valence-electron chi connectivity index (χ4n) is 2.33. The number of hydrogen-bond acceptors (Lipinski definition) is 2. The lowest BCUT2D eigenvalue weighted by Crippen LogP contribution is -2.16. The topological polar surface area (TPSA) is 24.4 Å². The van der Waals surface area contributed by atoms with Gasteiger partial charge in [0.1, 0.15) is 0 Å². The largest absolute Gasteiger partial charge is 0.279 e. The number of hydrazone groups is 1. The van der Waals surface area contributed by atoms with E-state index in [2.05, 4.69) is 17.5 Å². The molecule has 0 aliphatic heterocycles. The summed E-state index contributed by atoms with van der Waals surface area (Å²) in [4.78, 5) is 0. The van der Waals surface area contributed by atoms with Crippen LogP contribution in [0.25, 0.3) is 0 Å². The van der Waals surface area contributed by atoms with Crippen molar-refractivity contribution in [2.75, 3.05) is 5.43 Å². The van der Waals surface area contributed by atoms with Crippen molar-refractivity contribution in [2.45, 2.75) is 39.0 Å². The molecular formula is C14H18Cl2N2. The van der Waals surface area contributed by atoms with Crippen molar-refractivity contribution in [3.8, 4) is 0 Å². The minimum atomic E-state index is 0.548. The molecule has 0 bridgehead atoms. The highest BCUT2D eigenvalue weighted by Gasteiger charge is 2.15. The molecular weight excluding hydrogens is 267 g/mol. The van der Waals surface area contributed by atoms with Crippen molar-refractivity contribution < 1.29 is 0 Å². The second-order valence-electron chi connectivity index (χ2n) is 4.83. The maximum Gasteiger partial charge on any atom is 0.0613 e. The highest BCUT2D eigenvalue weighted by Crippen LogP contribution is 2.26. The minimum Gasteiger partial charge on any atom is -0.279 e. The maximum atomic E-state index is 5.96. The Bertz CT molecular complexity index is 437. The molecule has 1 aromatic carbocycles. The van der Waals surface area contributed by atoms with E-state index in [9.17, 15) is 0 Å². The summed E-state index contributed by atoms with van der Waals surface area (Å²) in [5.41, 5.74) is 5.11. The molecule has 4 heteroatoms. The zero-order chi connectivity index (χ0) is 13.0. The van der Waals surface area contributed by atoms with Crippen LogP contribution < -0.4 is 5.43 Å². The van der Waals surface area contributed by atoms with Gasteiger partial charge in [-0.2, -0.15) is 5.10 Å². The van der Waals surface area contributed by atoms with E-state index in [1.54, 1.807) is 12.1 Å². The van der Waals surface area contributed by atoms with Gasteiger partial charge < -0.3 is 0 Å². The summed E-state index contributed by atoms with van der Waals surface area (Å²) in [6.07, 6.45) is 6.54. The summed E-state index contributed by atoms with van der Waals surface area (Å²) in [5.74, 6) is 0.633. The lowest BCUT2D eigenvalue weighted by molar-refractivity contribution is 0.438. The van der Waals surface area contributed by atoms with E-state index in [1.807, 2.05) is 6.07 Å². The van der Waals surface area contributed by atoms with Crippen LogP contribution in [0.1, 0.15) is 39.0 Å². The second-order valence-corrected chi connectivity index (χ2v) is 5.64. The lowest BCUT2D eigenvalue weighted by atomic mass is 9.86. The van der Waals surface area contributed by atoms with Crippen molar-refractivity contribution in [1.82, 2.24) is 0 Å². The molecule has 0 heterocycles. The first-order valence-electron chi connectivity index (χ1n) is 6.42. The van der Waals surface area contributed by atoms with Gasteiger partial charge in [-0.25, -0.2) is 0 Å². The molecule has 0 radical (unpaired) electrons. The molecule has 0 spiro atoms. The van der Waals surface area contributed by atoms with Crippen LogP contribution in [0.5, 0.6) is 0 Å². The third-order valence-corrected chi connectivity index (χ3v) is 4.22. The van der Waals surface area contributed by atoms with Crippen LogP contribution in [0.2, 0.25) is 10.0 Å². The van der Waals surface area contributed by atoms with Gasteiger partial charge in [0.05, 0.1) is 15.7 Å². The molecule has 0 atom stereocenters. The lowest BCUT2D eigenvalue weighted by Gasteiger charge is -2.21. The Morgan fingerprint density at radius 2 is 1.89 bits per heavy atom. The number of benzene rings is 1. The molecule has 2 nitrogen and oxygen atoms in total. The number of halogens is 2. The Balaban J connectivity index is 1.98. The standard InChI is InChI=1S/C14H18Cl2N2/c1-10(11-5-3-2-4-6-11)17-18-12-7-8-13(15)14(16)9-12/h7-9,11,18H,2-6H2,1H3/b17-10+. The van der Waals surface area contributed by atoms with Crippen LogP contribution in [0.3, 0.4) is 0 Å². The molecule has 18 heavy (non-hydrogen) atoms. The predicted molar refractivity (Wildman–Crippen MR) is 79.8 cm³/mol. The van der Waals surface area contributed by atoms with Gasteiger partial charge >= 0.3 is 0 Å². The molecule has 0 unspecified atom stereocenters. The van der Waals surface area contributed by atoms with Crippen LogP contribution in [0, 0.1) is 5.92 Å². The summed E-state index contributed by atoms with van der Waals surface area (Å²) in [5, 5.41) is 5.57. The van der Waals surface area contributed by atoms with Crippen LogP contribution in [-0.4, -0.2) is 5.71 Å². The smallest absolute Gasteiger partial charge is 0.0613 e. The molecule has 1 saturated carbocycles.